The van der Waals surface area contributed by atoms with Gasteiger partial charge in [0.05, 0.1) is 11.8 Å². The third kappa shape index (κ3) is 3.95. The molecule has 0 aliphatic heterocycles. The van der Waals surface area contributed by atoms with Crippen molar-refractivity contribution in [3.05, 3.63) is 75.3 Å². The average Bonchev–Trinajstić information content (AvgIpc) is 2.65. The summed E-state index contributed by atoms with van der Waals surface area (Å²) < 4.78 is 44.4. The zero-order valence-corrected chi connectivity index (χ0v) is 14.8. The Kier molecular flexibility index (Phi) is 5.18. The molecule has 27 heavy (non-hydrogen) atoms. The summed E-state index contributed by atoms with van der Waals surface area (Å²) in [4.78, 5) is 16.1. The molecular formula is C18H13ClF3N3O2. The van der Waals surface area contributed by atoms with Gasteiger partial charge in [0.25, 0.3) is 5.56 Å². The Bertz CT molecular complexity index is 1020. The van der Waals surface area contributed by atoms with Crippen LogP contribution < -0.4 is 10.3 Å². The number of aryl methyl sites for hydroxylation is 1. The molecule has 1 aromatic carbocycles. The highest BCUT2D eigenvalue weighted by atomic mass is 35.5. The van der Waals surface area contributed by atoms with E-state index in [2.05, 4.69) is 10.1 Å². The minimum atomic E-state index is -4.52. The Morgan fingerprint density at radius 2 is 1.85 bits per heavy atom. The first-order chi connectivity index (χ1) is 12.8. The van der Waals surface area contributed by atoms with Crippen LogP contribution in [0.4, 0.5) is 13.2 Å². The van der Waals surface area contributed by atoms with Crippen molar-refractivity contribution in [2.45, 2.75) is 19.5 Å². The number of halogens is 4. The highest BCUT2D eigenvalue weighted by molar-refractivity contribution is 6.31. The van der Waals surface area contributed by atoms with Crippen LogP contribution >= 0.6 is 11.6 Å². The number of hydrogen-bond donors (Lipinski definition) is 0. The number of para-hydroxylation sites is 1. The lowest BCUT2D eigenvalue weighted by Crippen LogP contribution is -2.23. The Morgan fingerprint density at radius 3 is 2.48 bits per heavy atom. The van der Waals surface area contributed by atoms with Crippen molar-refractivity contribution >= 4 is 11.6 Å². The number of aromatic nitrogens is 3. The third-order valence-corrected chi connectivity index (χ3v) is 4.10. The SMILES string of the molecule is CCc1ccccc1Oc1cnn(-c2ccc(C(F)(F)F)cn2)c(=O)c1Cl. The van der Waals surface area contributed by atoms with Gasteiger partial charge in [0, 0.05) is 6.20 Å². The van der Waals surface area contributed by atoms with Gasteiger partial charge in [-0.05, 0) is 30.2 Å². The molecule has 0 radical (unpaired) electrons. The molecular weight excluding hydrogens is 383 g/mol. The molecule has 0 aliphatic carbocycles. The molecule has 2 heterocycles. The predicted octanol–water partition coefficient (Wildman–Crippen LogP) is 4.65. The van der Waals surface area contributed by atoms with Gasteiger partial charge >= 0.3 is 6.18 Å². The number of ether oxygens (including phenoxy) is 1. The van der Waals surface area contributed by atoms with E-state index in [1.54, 1.807) is 12.1 Å². The van der Waals surface area contributed by atoms with Gasteiger partial charge in [0.15, 0.2) is 16.6 Å². The van der Waals surface area contributed by atoms with Gasteiger partial charge in [-0.15, -0.1) is 0 Å². The lowest BCUT2D eigenvalue weighted by atomic mass is 10.1. The molecule has 3 aromatic rings. The average molecular weight is 396 g/mol. The van der Waals surface area contributed by atoms with Gasteiger partial charge in [-0.2, -0.15) is 23.0 Å². The zero-order chi connectivity index (χ0) is 19.6. The third-order valence-electron chi connectivity index (χ3n) is 3.75. The van der Waals surface area contributed by atoms with Crippen LogP contribution in [0.25, 0.3) is 5.82 Å². The molecule has 0 fully saturated rings. The highest BCUT2D eigenvalue weighted by Crippen LogP contribution is 2.30. The summed E-state index contributed by atoms with van der Waals surface area (Å²) in [6, 6.07) is 9.11. The molecule has 0 spiro atoms. The van der Waals surface area contributed by atoms with E-state index in [4.69, 9.17) is 16.3 Å². The van der Waals surface area contributed by atoms with Gasteiger partial charge in [-0.1, -0.05) is 36.7 Å². The van der Waals surface area contributed by atoms with E-state index in [1.165, 1.54) is 6.20 Å². The van der Waals surface area contributed by atoms with E-state index in [0.717, 1.165) is 22.4 Å². The van der Waals surface area contributed by atoms with E-state index >= 15 is 0 Å². The first-order valence-corrected chi connectivity index (χ1v) is 8.26. The molecule has 0 N–H and O–H groups in total. The standard InChI is InChI=1S/C18H13ClF3N3O2/c1-2-11-5-3-4-6-13(11)27-14-10-24-25(17(26)16(14)19)15-8-7-12(9-23-15)18(20,21)22/h3-10H,2H2,1H3. The van der Waals surface area contributed by atoms with Crippen LogP contribution in [0.2, 0.25) is 5.02 Å². The van der Waals surface area contributed by atoms with E-state index in [-0.39, 0.29) is 16.6 Å². The second-order valence-electron chi connectivity index (χ2n) is 5.51. The van der Waals surface area contributed by atoms with Gasteiger partial charge in [-0.25, -0.2) is 4.98 Å². The number of nitrogens with zero attached hydrogens (tertiary/aromatic N) is 3. The van der Waals surface area contributed by atoms with Crippen LogP contribution in [0.15, 0.2) is 53.6 Å². The summed E-state index contributed by atoms with van der Waals surface area (Å²) in [6.45, 7) is 1.95. The van der Waals surface area contributed by atoms with E-state index < -0.39 is 17.3 Å². The lowest BCUT2D eigenvalue weighted by Gasteiger charge is -2.12. The topological polar surface area (TPSA) is 57.0 Å². The maximum Gasteiger partial charge on any atom is 0.417 e. The summed E-state index contributed by atoms with van der Waals surface area (Å²) in [6.07, 6.45) is -1.96. The van der Waals surface area contributed by atoms with Gasteiger partial charge in [0.1, 0.15) is 5.75 Å². The minimum Gasteiger partial charge on any atom is -0.454 e. The lowest BCUT2D eigenvalue weighted by molar-refractivity contribution is -0.137. The summed E-state index contributed by atoms with van der Waals surface area (Å²) in [5.74, 6) is 0.495. The van der Waals surface area contributed by atoms with Gasteiger partial charge in [0.2, 0.25) is 0 Å². The molecule has 0 aliphatic rings. The second kappa shape index (κ2) is 7.40. The molecule has 0 saturated heterocycles. The second-order valence-corrected chi connectivity index (χ2v) is 5.88. The van der Waals surface area contributed by atoms with Crippen molar-refractivity contribution < 1.29 is 17.9 Å². The van der Waals surface area contributed by atoms with Crippen LogP contribution in [-0.4, -0.2) is 14.8 Å². The monoisotopic (exact) mass is 395 g/mol. The highest BCUT2D eigenvalue weighted by Gasteiger charge is 2.30. The molecule has 3 rings (SSSR count). The van der Waals surface area contributed by atoms with E-state index in [9.17, 15) is 18.0 Å². The quantitative estimate of drug-likeness (QED) is 0.645. The van der Waals surface area contributed by atoms with Crippen molar-refractivity contribution in [1.29, 1.82) is 0 Å². The maximum atomic E-state index is 12.6. The first-order valence-electron chi connectivity index (χ1n) is 7.88. The predicted molar refractivity (Wildman–Crippen MR) is 93.5 cm³/mol. The molecule has 140 valence electrons. The Morgan fingerprint density at radius 1 is 1.11 bits per heavy atom. The van der Waals surface area contributed by atoms with Crippen LogP contribution in [-0.2, 0) is 12.6 Å². The first kappa shape index (κ1) is 18.9. The Balaban J connectivity index is 1.95. The summed E-state index contributed by atoms with van der Waals surface area (Å²) in [7, 11) is 0. The molecule has 0 amide bonds. The van der Waals surface area contributed by atoms with Crippen LogP contribution in [0.3, 0.4) is 0 Å². The summed E-state index contributed by atoms with van der Waals surface area (Å²) in [5.41, 5.74) is -0.765. The molecule has 5 nitrogen and oxygen atoms in total. The van der Waals surface area contributed by atoms with Gasteiger partial charge < -0.3 is 4.74 Å². The van der Waals surface area contributed by atoms with Gasteiger partial charge in [-0.3, -0.25) is 4.79 Å². The number of hydrogen-bond acceptors (Lipinski definition) is 4. The molecule has 2 aromatic heterocycles. The molecule has 0 saturated carbocycles. The fourth-order valence-electron chi connectivity index (χ4n) is 2.34. The zero-order valence-electron chi connectivity index (χ0n) is 14.0. The van der Waals surface area contributed by atoms with E-state index in [1.807, 2.05) is 19.1 Å². The minimum absolute atomic E-state index is 0.0470. The normalized spacial score (nSPS) is 11.4. The summed E-state index contributed by atoms with van der Waals surface area (Å²) >= 11 is 6.09. The molecule has 0 bridgehead atoms. The van der Waals surface area contributed by atoms with Crippen LogP contribution in [0, 0.1) is 0 Å². The fraction of sp³-hybridized carbons (Fsp3) is 0.167. The van der Waals surface area contributed by atoms with Crippen molar-refractivity contribution in [2.24, 2.45) is 0 Å². The number of rotatable bonds is 4. The smallest absolute Gasteiger partial charge is 0.417 e. The van der Waals surface area contributed by atoms with Crippen molar-refractivity contribution in [1.82, 2.24) is 14.8 Å². The molecule has 0 atom stereocenters. The Hall–Kier alpha value is -2.87. The van der Waals surface area contributed by atoms with Crippen molar-refractivity contribution in [2.75, 3.05) is 0 Å². The number of alkyl halides is 3. The molecule has 0 unspecified atom stereocenters. The number of benzene rings is 1. The van der Waals surface area contributed by atoms with Crippen LogP contribution in [0.5, 0.6) is 11.5 Å². The largest absolute Gasteiger partial charge is 0.454 e. The summed E-state index contributed by atoms with van der Waals surface area (Å²) in [5, 5.41) is 3.65. The van der Waals surface area contributed by atoms with Crippen molar-refractivity contribution in [3.63, 3.8) is 0 Å². The Labute approximate surface area is 157 Å². The fourth-order valence-corrected chi connectivity index (χ4v) is 2.51. The van der Waals surface area contributed by atoms with E-state index in [0.29, 0.717) is 18.4 Å². The maximum absolute atomic E-state index is 12.6. The number of pyridine rings is 1. The molecule has 9 heteroatoms. The van der Waals surface area contributed by atoms with Crippen molar-refractivity contribution in [3.8, 4) is 17.3 Å². The van der Waals surface area contributed by atoms with Crippen LogP contribution in [0.1, 0.15) is 18.1 Å².